The number of carbonyl (C=O) groups is 1. The Morgan fingerprint density at radius 3 is 2.65 bits per heavy atom. The summed E-state index contributed by atoms with van der Waals surface area (Å²) >= 11 is 0. The van der Waals surface area contributed by atoms with Gasteiger partial charge < -0.3 is 9.42 Å². The predicted octanol–water partition coefficient (Wildman–Crippen LogP) is 3.32. The molecule has 1 aromatic heterocycles. The van der Waals surface area contributed by atoms with Crippen LogP contribution in [0.4, 0.5) is 5.69 Å². The fourth-order valence-electron chi connectivity index (χ4n) is 2.47. The van der Waals surface area contributed by atoms with Gasteiger partial charge in [0.15, 0.2) is 5.58 Å². The lowest BCUT2D eigenvalue weighted by atomic mass is 10.1. The van der Waals surface area contributed by atoms with E-state index in [2.05, 4.69) is 11.2 Å². The first-order valence-electron chi connectivity index (χ1n) is 7.35. The van der Waals surface area contributed by atoms with E-state index in [4.69, 9.17) is 9.78 Å². The molecule has 0 aliphatic rings. The Morgan fingerprint density at radius 1 is 1.13 bits per heavy atom. The van der Waals surface area contributed by atoms with Crippen molar-refractivity contribution in [1.82, 2.24) is 5.16 Å². The Kier molecular flexibility index (Phi) is 4.34. The molecule has 0 aliphatic heterocycles. The van der Waals surface area contributed by atoms with Gasteiger partial charge in [0, 0.05) is 17.6 Å². The summed E-state index contributed by atoms with van der Waals surface area (Å²) in [6.45, 7) is 0.356. The van der Waals surface area contributed by atoms with Gasteiger partial charge in [0.2, 0.25) is 5.91 Å². The first-order chi connectivity index (χ1) is 11.3. The van der Waals surface area contributed by atoms with Crippen LogP contribution in [0.25, 0.3) is 11.0 Å². The summed E-state index contributed by atoms with van der Waals surface area (Å²) in [5, 5.41) is 13.7. The molecule has 23 heavy (non-hydrogen) atoms. The average Bonchev–Trinajstić information content (AvgIpc) is 2.99. The third-order valence-corrected chi connectivity index (χ3v) is 3.59. The molecule has 3 rings (SSSR count). The third kappa shape index (κ3) is 3.22. The minimum atomic E-state index is -0.106. The van der Waals surface area contributed by atoms with E-state index in [-0.39, 0.29) is 18.7 Å². The van der Waals surface area contributed by atoms with E-state index >= 15 is 0 Å². The van der Waals surface area contributed by atoms with Crippen molar-refractivity contribution in [2.45, 2.75) is 12.8 Å². The van der Waals surface area contributed by atoms with Crippen molar-refractivity contribution in [2.75, 3.05) is 11.4 Å². The van der Waals surface area contributed by atoms with Crippen LogP contribution in [0, 0.1) is 11.3 Å². The van der Waals surface area contributed by atoms with Crippen molar-refractivity contribution in [2.24, 2.45) is 0 Å². The molecule has 2 aromatic carbocycles. The predicted molar refractivity (Wildman–Crippen MR) is 86.7 cm³/mol. The SMILES string of the molecule is N#CCCN(C(=O)Cc1noc2ccccc12)c1ccccc1. The summed E-state index contributed by atoms with van der Waals surface area (Å²) in [7, 11) is 0. The van der Waals surface area contributed by atoms with Gasteiger partial charge in [-0.15, -0.1) is 0 Å². The number of hydrogen-bond acceptors (Lipinski definition) is 4. The van der Waals surface area contributed by atoms with E-state index in [0.717, 1.165) is 11.1 Å². The maximum Gasteiger partial charge on any atom is 0.233 e. The Bertz CT molecular complexity index is 849. The number of carbonyl (C=O) groups excluding carboxylic acids is 1. The zero-order chi connectivity index (χ0) is 16.1. The molecule has 0 unspecified atom stereocenters. The summed E-state index contributed by atoms with van der Waals surface area (Å²) < 4.78 is 5.24. The second kappa shape index (κ2) is 6.75. The number of benzene rings is 2. The van der Waals surface area contributed by atoms with Crippen LogP contribution in [-0.4, -0.2) is 17.6 Å². The van der Waals surface area contributed by atoms with E-state index in [1.54, 1.807) is 4.90 Å². The maximum absolute atomic E-state index is 12.7. The van der Waals surface area contributed by atoms with Crippen LogP contribution < -0.4 is 4.90 Å². The van der Waals surface area contributed by atoms with E-state index in [0.29, 0.717) is 17.8 Å². The first-order valence-corrected chi connectivity index (χ1v) is 7.35. The van der Waals surface area contributed by atoms with E-state index in [1.165, 1.54) is 0 Å². The van der Waals surface area contributed by atoms with Crippen LogP contribution >= 0.6 is 0 Å². The quantitative estimate of drug-likeness (QED) is 0.725. The van der Waals surface area contributed by atoms with E-state index in [9.17, 15) is 4.79 Å². The molecule has 5 heteroatoms. The van der Waals surface area contributed by atoms with Crippen LogP contribution in [0.5, 0.6) is 0 Å². The largest absolute Gasteiger partial charge is 0.356 e. The molecule has 0 bridgehead atoms. The number of nitriles is 1. The normalized spacial score (nSPS) is 10.4. The third-order valence-electron chi connectivity index (χ3n) is 3.59. The Labute approximate surface area is 133 Å². The molecular weight excluding hydrogens is 290 g/mol. The number of fused-ring (bicyclic) bond motifs is 1. The molecule has 0 aliphatic carbocycles. The summed E-state index contributed by atoms with van der Waals surface area (Å²) in [5.74, 6) is -0.106. The lowest BCUT2D eigenvalue weighted by Gasteiger charge is -2.21. The monoisotopic (exact) mass is 305 g/mol. The number of rotatable bonds is 5. The van der Waals surface area contributed by atoms with Gasteiger partial charge in [-0.25, -0.2) is 0 Å². The summed E-state index contributed by atoms with van der Waals surface area (Å²) in [6, 6.07) is 18.9. The zero-order valence-corrected chi connectivity index (χ0v) is 12.5. The van der Waals surface area contributed by atoms with Crippen molar-refractivity contribution in [3.05, 3.63) is 60.3 Å². The summed E-state index contributed by atoms with van der Waals surface area (Å²) in [5.41, 5.74) is 2.06. The number of amides is 1. The maximum atomic E-state index is 12.7. The average molecular weight is 305 g/mol. The second-order valence-corrected chi connectivity index (χ2v) is 5.09. The van der Waals surface area contributed by atoms with Crippen LogP contribution in [0.2, 0.25) is 0 Å². The molecular formula is C18H15N3O2. The molecule has 0 N–H and O–H groups in total. The number of aromatic nitrogens is 1. The van der Waals surface area contributed by atoms with Gasteiger partial charge in [-0.1, -0.05) is 35.5 Å². The first kappa shape index (κ1) is 14.8. The van der Waals surface area contributed by atoms with Crippen LogP contribution in [0.15, 0.2) is 59.1 Å². The van der Waals surface area contributed by atoms with Gasteiger partial charge in [0.1, 0.15) is 5.69 Å². The lowest BCUT2D eigenvalue weighted by molar-refractivity contribution is -0.118. The highest BCUT2D eigenvalue weighted by Gasteiger charge is 2.19. The number of nitrogens with zero attached hydrogens (tertiary/aromatic N) is 3. The fourth-order valence-corrected chi connectivity index (χ4v) is 2.47. The van der Waals surface area contributed by atoms with Crippen molar-refractivity contribution >= 4 is 22.6 Å². The van der Waals surface area contributed by atoms with Gasteiger partial charge in [-0.2, -0.15) is 5.26 Å². The molecule has 0 saturated heterocycles. The van der Waals surface area contributed by atoms with Gasteiger partial charge in [0.25, 0.3) is 0 Å². The van der Waals surface area contributed by atoms with Crippen molar-refractivity contribution < 1.29 is 9.32 Å². The molecule has 0 fully saturated rings. The molecule has 0 spiro atoms. The fraction of sp³-hybridized carbons (Fsp3) is 0.167. The molecule has 114 valence electrons. The minimum absolute atomic E-state index is 0.106. The minimum Gasteiger partial charge on any atom is -0.356 e. The van der Waals surface area contributed by atoms with Crippen molar-refractivity contribution in [3.63, 3.8) is 0 Å². The molecule has 5 nitrogen and oxygen atoms in total. The van der Waals surface area contributed by atoms with Gasteiger partial charge in [0.05, 0.1) is 18.9 Å². The van der Waals surface area contributed by atoms with Crippen LogP contribution in [0.3, 0.4) is 0 Å². The summed E-state index contributed by atoms with van der Waals surface area (Å²) in [4.78, 5) is 14.3. The molecule has 0 saturated carbocycles. The molecule has 0 radical (unpaired) electrons. The molecule has 3 aromatic rings. The van der Waals surface area contributed by atoms with Gasteiger partial charge in [-0.3, -0.25) is 4.79 Å². The van der Waals surface area contributed by atoms with E-state index < -0.39 is 0 Å². The lowest BCUT2D eigenvalue weighted by Crippen LogP contribution is -2.33. The van der Waals surface area contributed by atoms with Crippen LogP contribution in [-0.2, 0) is 11.2 Å². The highest BCUT2D eigenvalue weighted by atomic mass is 16.5. The molecule has 0 atom stereocenters. The standard InChI is InChI=1S/C18H15N3O2/c19-11-6-12-21(14-7-2-1-3-8-14)18(22)13-16-15-9-4-5-10-17(15)23-20-16/h1-5,7-10H,6,12-13H2. The highest BCUT2D eigenvalue weighted by Crippen LogP contribution is 2.20. The van der Waals surface area contributed by atoms with E-state index in [1.807, 2.05) is 54.6 Å². The topological polar surface area (TPSA) is 70.1 Å². The Morgan fingerprint density at radius 2 is 1.87 bits per heavy atom. The Balaban J connectivity index is 1.85. The number of para-hydroxylation sites is 2. The van der Waals surface area contributed by atoms with Gasteiger partial charge in [-0.05, 0) is 24.3 Å². The number of anilines is 1. The number of hydrogen-bond donors (Lipinski definition) is 0. The van der Waals surface area contributed by atoms with Gasteiger partial charge >= 0.3 is 0 Å². The summed E-state index contributed by atoms with van der Waals surface area (Å²) in [6.07, 6.45) is 0.414. The van der Waals surface area contributed by atoms with Crippen molar-refractivity contribution in [1.29, 1.82) is 5.26 Å². The molecule has 1 amide bonds. The molecule has 1 heterocycles. The van der Waals surface area contributed by atoms with Crippen molar-refractivity contribution in [3.8, 4) is 6.07 Å². The second-order valence-electron chi connectivity index (χ2n) is 5.09. The Hall–Kier alpha value is -3.13. The smallest absolute Gasteiger partial charge is 0.233 e. The zero-order valence-electron chi connectivity index (χ0n) is 12.5. The highest BCUT2D eigenvalue weighted by molar-refractivity contribution is 5.96. The van der Waals surface area contributed by atoms with Crippen LogP contribution in [0.1, 0.15) is 12.1 Å².